The highest BCUT2D eigenvalue weighted by Crippen LogP contribution is 1.99. The molecule has 6 nitrogen and oxygen atoms in total. The number of aromatic nitrogens is 2. The van der Waals surface area contributed by atoms with Gasteiger partial charge in [-0.2, -0.15) is 4.98 Å². The molecular weight excluding hydrogens is 170 g/mol. The van der Waals surface area contributed by atoms with E-state index in [4.69, 9.17) is 5.73 Å². The van der Waals surface area contributed by atoms with Crippen molar-refractivity contribution in [2.45, 2.75) is 0 Å². The third-order valence-corrected chi connectivity index (χ3v) is 1.36. The molecule has 1 amide bonds. The topological polar surface area (TPSA) is 92.9 Å². The van der Waals surface area contributed by atoms with Gasteiger partial charge in [0.1, 0.15) is 5.82 Å². The first-order chi connectivity index (χ1) is 6.22. The van der Waals surface area contributed by atoms with Gasteiger partial charge < -0.3 is 16.4 Å². The van der Waals surface area contributed by atoms with Crippen molar-refractivity contribution in [2.75, 3.05) is 24.6 Å². The first kappa shape index (κ1) is 9.24. The largest absolute Gasteiger partial charge is 0.384 e. The number of carbonyl (C=O) groups excluding carboxylic acids is 1. The minimum Gasteiger partial charge on any atom is -0.384 e. The SMILES string of the molecule is CNC(=O)CNc1nccc(N)n1. The lowest BCUT2D eigenvalue weighted by Gasteiger charge is -2.02. The molecule has 70 valence electrons. The molecule has 1 aromatic heterocycles. The Hall–Kier alpha value is -1.85. The minimum atomic E-state index is -0.133. The smallest absolute Gasteiger partial charge is 0.239 e. The molecule has 13 heavy (non-hydrogen) atoms. The highest BCUT2D eigenvalue weighted by molar-refractivity contribution is 5.79. The Bertz CT molecular complexity index is 301. The predicted octanol–water partition coefficient (Wildman–Crippen LogP) is -0.783. The van der Waals surface area contributed by atoms with Crippen molar-refractivity contribution in [1.82, 2.24) is 15.3 Å². The van der Waals surface area contributed by atoms with E-state index in [1.54, 1.807) is 13.1 Å². The molecule has 0 aromatic carbocycles. The molecule has 1 heterocycles. The summed E-state index contributed by atoms with van der Waals surface area (Å²) in [5.41, 5.74) is 5.41. The molecule has 0 saturated carbocycles. The van der Waals surface area contributed by atoms with Crippen LogP contribution in [0, 0.1) is 0 Å². The quantitative estimate of drug-likeness (QED) is 0.568. The molecule has 0 saturated heterocycles. The van der Waals surface area contributed by atoms with Crippen molar-refractivity contribution in [3.63, 3.8) is 0 Å². The zero-order chi connectivity index (χ0) is 9.68. The summed E-state index contributed by atoms with van der Waals surface area (Å²) < 4.78 is 0. The summed E-state index contributed by atoms with van der Waals surface area (Å²) in [6.07, 6.45) is 1.52. The fraction of sp³-hybridized carbons (Fsp3) is 0.286. The van der Waals surface area contributed by atoms with E-state index in [0.717, 1.165) is 0 Å². The van der Waals surface area contributed by atoms with E-state index < -0.39 is 0 Å². The lowest BCUT2D eigenvalue weighted by molar-refractivity contribution is -0.118. The average Bonchev–Trinajstić information content (AvgIpc) is 2.14. The van der Waals surface area contributed by atoms with Crippen molar-refractivity contribution in [1.29, 1.82) is 0 Å². The van der Waals surface area contributed by atoms with Crippen LogP contribution < -0.4 is 16.4 Å². The second-order valence-corrected chi connectivity index (χ2v) is 2.33. The van der Waals surface area contributed by atoms with Crippen LogP contribution in [0.4, 0.5) is 11.8 Å². The Morgan fingerprint density at radius 2 is 2.46 bits per heavy atom. The highest BCUT2D eigenvalue weighted by atomic mass is 16.1. The molecule has 1 aromatic rings. The van der Waals surface area contributed by atoms with Crippen molar-refractivity contribution in [3.05, 3.63) is 12.3 Å². The molecule has 0 aliphatic rings. The van der Waals surface area contributed by atoms with E-state index in [2.05, 4.69) is 20.6 Å². The van der Waals surface area contributed by atoms with Crippen LogP contribution in [0.2, 0.25) is 0 Å². The van der Waals surface area contributed by atoms with Crippen LogP contribution in [-0.2, 0) is 4.79 Å². The summed E-state index contributed by atoms with van der Waals surface area (Å²) in [5, 5.41) is 5.18. The van der Waals surface area contributed by atoms with Gasteiger partial charge in [0.15, 0.2) is 0 Å². The highest BCUT2D eigenvalue weighted by Gasteiger charge is 1.99. The Morgan fingerprint density at radius 3 is 3.08 bits per heavy atom. The number of carbonyl (C=O) groups is 1. The molecule has 0 bridgehead atoms. The molecule has 4 N–H and O–H groups in total. The van der Waals surface area contributed by atoms with Gasteiger partial charge in [-0.15, -0.1) is 0 Å². The van der Waals surface area contributed by atoms with Gasteiger partial charge in [-0.25, -0.2) is 4.98 Å². The number of hydrogen-bond donors (Lipinski definition) is 3. The molecule has 6 heteroatoms. The molecule has 0 spiro atoms. The lowest BCUT2D eigenvalue weighted by atomic mass is 10.5. The number of anilines is 2. The Morgan fingerprint density at radius 1 is 1.69 bits per heavy atom. The number of nitrogen functional groups attached to an aromatic ring is 1. The van der Waals surface area contributed by atoms with Gasteiger partial charge >= 0.3 is 0 Å². The summed E-state index contributed by atoms with van der Waals surface area (Å²) in [4.78, 5) is 18.5. The average molecular weight is 181 g/mol. The van der Waals surface area contributed by atoms with E-state index >= 15 is 0 Å². The summed E-state index contributed by atoms with van der Waals surface area (Å²) in [6, 6.07) is 1.57. The fourth-order valence-corrected chi connectivity index (χ4v) is 0.706. The molecule has 0 aliphatic carbocycles. The molecule has 1 rings (SSSR count). The second kappa shape index (κ2) is 4.24. The maximum atomic E-state index is 10.8. The van der Waals surface area contributed by atoms with Crippen molar-refractivity contribution < 1.29 is 4.79 Å². The number of likely N-dealkylation sites (N-methyl/N-ethyl adjacent to an activating group) is 1. The van der Waals surface area contributed by atoms with E-state index in [1.807, 2.05) is 0 Å². The summed E-state index contributed by atoms with van der Waals surface area (Å²) in [6.45, 7) is 0.139. The van der Waals surface area contributed by atoms with E-state index in [1.165, 1.54) is 6.20 Å². The third-order valence-electron chi connectivity index (χ3n) is 1.36. The summed E-state index contributed by atoms with van der Waals surface area (Å²) >= 11 is 0. The lowest BCUT2D eigenvalue weighted by Crippen LogP contribution is -2.26. The van der Waals surface area contributed by atoms with E-state index in [9.17, 15) is 4.79 Å². The predicted molar refractivity (Wildman–Crippen MR) is 49.0 cm³/mol. The summed E-state index contributed by atoms with van der Waals surface area (Å²) in [5.74, 6) is 0.587. The first-order valence-electron chi connectivity index (χ1n) is 3.75. The molecule has 0 fully saturated rings. The molecule has 0 atom stereocenters. The first-order valence-corrected chi connectivity index (χ1v) is 3.75. The number of amides is 1. The van der Waals surface area contributed by atoms with Crippen molar-refractivity contribution in [2.24, 2.45) is 0 Å². The van der Waals surface area contributed by atoms with Gasteiger partial charge in [0.2, 0.25) is 11.9 Å². The van der Waals surface area contributed by atoms with Gasteiger partial charge in [-0.05, 0) is 6.07 Å². The summed E-state index contributed by atoms with van der Waals surface area (Å²) in [7, 11) is 1.56. The maximum absolute atomic E-state index is 10.8. The van der Waals surface area contributed by atoms with Crippen LogP contribution in [0.25, 0.3) is 0 Å². The van der Waals surface area contributed by atoms with Gasteiger partial charge in [0.05, 0.1) is 6.54 Å². The van der Waals surface area contributed by atoms with Crippen molar-refractivity contribution >= 4 is 17.7 Å². The monoisotopic (exact) mass is 181 g/mol. The van der Waals surface area contributed by atoms with Crippen LogP contribution in [-0.4, -0.2) is 29.5 Å². The van der Waals surface area contributed by atoms with Gasteiger partial charge in [0.25, 0.3) is 0 Å². The van der Waals surface area contributed by atoms with Crippen LogP contribution in [0.5, 0.6) is 0 Å². The molecule has 0 unspecified atom stereocenters. The van der Waals surface area contributed by atoms with Gasteiger partial charge in [-0.1, -0.05) is 0 Å². The van der Waals surface area contributed by atoms with Gasteiger partial charge in [0, 0.05) is 13.2 Å². The Kier molecular flexibility index (Phi) is 3.02. The minimum absolute atomic E-state index is 0.133. The zero-order valence-corrected chi connectivity index (χ0v) is 7.24. The number of rotatable bonds is 3. The molecule has 0 aliphatic heterocycles. The van der Waals surface area contributed by atoms with E-state index in [-0.39, 0.29) is 12.5 Å². The van der Waals surface area contributed by atoms with Crippen LogP contribution in [0.15, 0.2) is 12.3 Å². The van der Waals surface area contributed by atoms with Gasteiger partial charge in [-0.3, -0.25) is 4.79 Å². The normalized spacial score (nSPS) is 9.31. The standard InChI is InChI=1S/C7H11N5O/c1-9-6(13)4-11-7-10-3-2-5(8)12-7/h2-3H,4H2,1H3,(H,9,13)(H3,8,10,11,12). The number of nitrogens with zero attached hydrogens (tertiary/aromatic N) is 2. The van der Waals surface area contributed by atoms with Crippen LogP contribution in [0.3, 0.4) is 0 Å². The fourth-order valence-electron chi connectivity index (χ4n) is 0.706. The second-order valence-electron chi connectivity index (χ2n) is 2.33. The number of hydrogen-bond acceptors (Lipinski definition) is 5. The van der Waals surface area contributed by atoms with E-state index in [0.29, 0.717) is 11.8 Å². The van der Waals surface area contributed by atoms with Crippen molar-refractivity contribution in [3.8, 4) is 0 Å². The third kappa shape index (κ3) is 2.94. The maximum Gasteiger partial charge on any atom is 0.239 e. The number of nitrogens with two attached hydrogens (primary N) is 1. The Balaban J connectivity index is 2.50. The molecule has 0 radical (unpaired) electrons. The zero-order valence-electron chi connectivity index (χ0n) is 7.24. The Labute approximate surface area is 75.6 Å². The number of nitrogens with one attached hydrogen (secondary N) is 2. The molecular formula is C7H11N5O. The van der Waals surface area contributed by atoms with Crippen LogP contribution >= 0.6 is 0 Å². The van der Waals surface area contributed by atoms with Crippen LogP contribution in [0.1, 0.15) is 0 Å².